The summed E-state index contributed by atoms with van der Waals surface area (Å²) >= 11 is 0. The van der Waals surface area contributed by atoms with Gasteiger partial charge in [0.15, 0.2) is 0 Å². The van der Waals surface area contributed by atoms with Gasteiger partial charge in [-0.05, 0) is 39.0 Å². The fourth-order valence-electron chi connectivity index (χ4n) is 1.74. The molecule has 0 saturated heterocycles. The summed E-state index contributed by atoms with van der Waals surface area (Å²) in [5, 5.41) is 10.5. The van der Waals surface area contributed by atoms with Crippen LogP contribution < -0.4 is 5.32 Å². The normalized spacial score (nSPS) is 19.3. The Kier molecular flexibility index (Phi) is 10.0. The third-order valence-electron chi connectivity index (χ3n) is 3.08. The van der Waals surface area contributed by atoms with E-state index in [-0.39, 0.29) is 0 Å². The average molecular weight is 278 g/mol. The lowest BCUT2D eigenvalue weighted by Crippen LogP contribution is -2.04. The second-order valence-corrected chi connectivity index (χ2v) is 4.90. The summed E-state index contributed by atoms with van der Waals surface area (Å²) in [7, 11) is 0. The zero-order valence-corrected chi connectivity index (χ0v) is 12.6. The van der Waals surface area contributed by atoms with Crippen LogP contribution in [0.15, 0.2) is 41.4 Å². The minimum absolute atomic E-state index is 0.767. The van der Waals surface area contributed by atoms with Crippen LogP contribution >= 0.6 is 0 Å². The van der Waals surface area contributed by atoms with Gasteiger partial charge in [-0.2, -0.15) is 0 Å². The van der Waals surface area contributed by atoms with Crippen molar-refractivity contribution in [2.24, 2.45) is 10.9 Å². The van der Waals surface area contributed by atoms with Gasteiger partial charge >= 0.3 is 5.97 Å². The first-order valence-electron chi connectivity index (χ1n) is 6.85. The minimum Gasteiger partial charge on any atom is -0.478 e. The van der Waals surface area contributed by atoms with Crippen molar-refractivity contribution in [1.29, 1.82) is 0 Å². The smallest absolute Gasteiger partial charge is 0.327 e. The Balaban J connectivity index is 0.000000304. The molecule has 0 saturated carbocycles. The van der Waals surface area contributed by atoms with E-state index in [4.69, 9.17) is 5.11 Å². The number of hydrogen-bond acceptors (Lipinski definition) is 3. The van der Waals surface area contributed by atoms with Crippen LogP contribution in [0.5, 0.6) is 0 Å². The number of nitrogens with zero attached hydrogens (tertiary/aromatic N) is 1. The SMILES string of the molecule is C1=NCCN1.C=C(C)C1CC=C(C)CC1.C=CC(=O)O. The first-order chi connectivity index (χ1) is 9.47. The second kappa shape index (κ2) is 11.0. The highest BCUT2D eigenvalue weighted by Gasteiger charge is 2.11. The van der Waals surface area contributed by atoms with Crippen molar-refractivity contribution in [2.45, 2.75) is 33.1 Å². The number of carboxylic acids is 1. The molecule has 4 nitrogen and oxygen atoms in total. The zero-order chi connectivity index (χ0) is 15.4. The van der Waals surface area contributed by atoms with E-state index in [0.717, 1.165) is 25.1 Å². The van der Waals surface area contributed by atoms with Gasteiger partial charge in [0.2, 0.25) is 0 Å². The Morgan fingerprint density at radius 2 is 2.25 bits per heavy atom. The van der Waals surface area contributed by atoms with Gasteiger partial charge in [0.25, 0.3) is 0 Å². The van der Waals surface area contributed by atoms with Gasteiger partial charge in [-0.15, -0.1) is 0 Å². The van der Waals surface area contributed by atoms with Crippen molar-refractivity contribution >= 4 is 12.3 Å². The highest BCUT2D eigenvalue weighted by molar-refractivity contribution is 5.78. The Labute approximate surface area is 122 Å². The molecule has 0 bridgehead atoms. The van der Waals surface area contributed by atoms with Crippen LogP contribution in [-0.2, 0) is 4.79 Å². The number of carbonyl (C=O) groups is 1. The summed E-state index contributed by atoms with van der Waals surface area (Å²) in [6.07, 6.45) is 8.74. The Bertz CT molecular complexity index is 378. The third kappa shape index (κ3) is 10.1. The lowest BCUT2D eigenvalue weighted by Gasteiger charge is -2.19. The maximum atomic E-state index is 9.25. The van der Waals surface area contributed by atoms with E-state index in [1.165, 1.54) is 24.8 Å². The monoisotopic (exact) mass is 278 g/mol. The highest BCUT2D eigenvalue weighted by atomic mass is 16.4. The van der Waals surface area contributed by atoms with E-state index < -0.39 is 5.97 Å². The zero-order valence-electron chi connectivity index (χ0n) is 12.6. The summed E-state index contributed by atoms with van der Waals surface area (Å²) in [4.78, 5) is 13.1. The van der Waals surface area contributed by atoms with E-state index in [9.17, 15) is 4.79 Å². The lowest BCUT2D eigenvalue weighted by atomic mass is 9.86. The molecule has 0 aromatic rings. The maximum absolute atomic E-state index is 9.25. The number of aliphatic imine (C=N–C) groups is 1. The quantitative estimate of drug-likeness (QED) is 0.602. The average Bonchev–Trinajstić information content (AvgIpc) is 2.99. The Hall–Kier alpha value is -1.84. The van der Waals surface area contributed by atoms with Crippen LogP contribution in [0.2, 0.25) is 0 Å². The number of carboxylic acid groups (broad SMARTS) is 1. The number of allylic oxidation sites excluding steroid dienone is 3. The van der Waals surface area contributed by atoms with Crippen molar-refractivity contribution in [3.8, 4) is 0 Å². The molecule has 1 aliphatic carbocycles. The van der Waals surface area contributed by atoms with Gasteiger partial charge < -0.3 is 10.4 Å². The second-order valence-electron chi connectivity index (χ2n) is 4.90. The molecule has 1 heterocycles. The van der Waals surface area contributed by atoms with Crippen molar-refractivity contribution in [3.05, 3.63) is 36.5 Å². The first-order valence-corrected chi connectivity index (χ1v) is 6.85. The molecule has 1 unspecified atom stereocenters. The van der Waals surface area contributed by atoms with Crippen LogP contribution in [0.25, 0.3) is 0 Å². The molecule has 0 aromatic heterocycles. The summed E-state index contributed by atoms with van der Waals surface area (Å²) in [6.45, 7) is 13.3. The third-order valence-corrected chi connectivity index (χ3v) is 3.08. The molecule has 20 heavy (non-hydrogen) atoms. The fraction of sp³-hybridized carbons (Fsp3) is 0.500. The van der Waals surface area contributed by atoms with E-state index in [1.54, 1.807) is 11.9 Å². The van der Waals surface area contributed by atoms with Crippen LogP contribution in [0.1, 0.15) is 33.1 Å². The summed E-state index contributed by atoms with van der Waals surface area (Å²) < 4.78 is 0. The Morgan fingerprint density at radius 1 is 1.60 bits per heavy atom. The molecule has 1 aliphatic heterocycles. The molecule has 0 amide bonds. The van der Waals surface area contributed by atoms with Gasteiger partial charge in [-0.25, -0.2) is 4.79 Å². The van der Waals surface area contributed by atoms with Crippen LogP contribution in [0, 0.1) is 5.92 Å². The van der Waals surface area contributed by atoms with Crippen LogP contribution in [-0.4, -0.2) is 30.5 Å². The van der Waals surface area contributed by atoms with E-state index in [1.807, 2.05) is 0 Å². The summed E-state index contributed by atoms with van der Waals surface area (Å²) in [6, 6.07) is 0. The molecule has 0 radical (unpaired) electrons. The van der Waals surface area contributed by atoms with Gasteiger partial charge in [0.05, 0.1) is 12.9 Å². The molecule has 2 N–H and O–H groups in total. The van der Waals surface area contributed by atoms with Crippen LogP contribution in [0.3, 0.4) is 0 Å². The molecule has 0 spiro atoms. The summed E-state index contributed by atoms with van der Waals surface area (Å²) in [5.41, 5.74) is 2.90. The number of nitrogens with one attached hydrogen (secondary N) is 1. The van der Waals surface area contributed by atoms with Gasteiger partial charge in [0.1, 0.15) is 0 Å². The molecular formula is C16H26N2O2. The maximum Gasteiger partial charge on any atom is 0.327 e. The number of aliphatic carboxylic acids is 1. The predicted octanol–water partition coefficient (Wildman–Crippen LogP) is 3.18. The summed E-state index contributed by atoms with van der Waals surface area (Å²) in [5.74, 6) is -0.214. The van der Waals surface area contributed by atoms with E-state index in [0.29, 0.717) is 0 Å². The largest absolute Gasteiger partial charge is 0.478 e. The standard InChI is InChI=1S/C10H16.C3H6N2.C3H4O2/c1-8(2)10-6-4-9(3)5-7-10;1-2-5-3-4-1;1-2-3(4)5/h4,10H,1,5-7H2,2-3H3;3H,1-2H2,(H,4,5);2H,1H2,(H,4,5). The van der Waals surface area contributed by atoms with Gasteiger partial charge in [-0.1, -0.05) is 30.4 Å². The van der Waals surface area contributed by atoms with Gasteiger partial charge in [0, 0.05) is 12.6 Å². The molecule has 2 rings (SSSR count). The number of hydrogen-bond donors (Lipinski definition) is 2. The number of rotatable bonds is 2. The van der Waals surface area contributed by atoms with E-state index >= 15 is 0 Å². The molecule has 4 heteroatoms. The Morgan fingerprint density at radius 3 is 2.50 bits per heavy atom. The molecule has 0 aromatic carbocycles. The van der Waals surface area contributed by atoms with Crippen molar-refractivity contribution in [1.82, 2.24) is 5.32 Å². The van der Waals surface area contributed by atoms with Crippen molar-refractivity contribution < 1.29 is 9.90 Å². The molecule has 2 aliphatic rings. The van der Waals surface area contributed by atoms with E-state index in [2.05, 4.69) is 43.4 Å². The van der Waals surface area contributed by atoms with Gasteiger partial charge in [-0.3, -0.25) is 4.99 Å². The molecular weight excluding hydrogens is 252 g/mol. The molecule has 0 fully saturated rings. The molecule has 112 valence electrons. The lowest BCUT2D eigenvalue weighted by molar-refractivity contribution is -0.131. The van der Waals surface area contributed by atoms with Crippen molar-refractivity contribution in [2.75, 3.05) is 13.1 Å². The van der Waals surface area contributed by atoms with Crippen molar-refractivity contribution in [3.63, 3.8) is 0 Å². The fourth-order valence-corrected chi connectivity index (χ4v) is 1.74. The highest BCUT2D eigenvalue weighted by Crippen LogP contribution is 2.27. The topological polar surface area (TPSA) is 61.7 Å². The first kappa shape index (κ1) is 18.2. The minimum atomic E-state index is -0.981. The van der Waals surface area contributed by atoms with Crippen LogP contribution in [0.4, 0.5) is 0 Å². The predicted molar refractivity (Wildman–Crippen MR) is 85.1 cm³/mol. The molecule has 1 atom stereocenters.